The number of benzene rings is 2. The van der Waals surface area contributed by atoms with Crippen molar-refractivity contribution in [3.05, 3.63) is 59.7 Å². The fourth-order valence-electron chi connectivity index (χ4n) is 3.33. The average Bonchev–Trinajstić information content (AvgIpc) is 3.32. The van der Waals surface area contributed by atoms with Crippen LogP contribution < -0.4 is 25.1 Å². The Hall–Kier alpha value is -3.63. The van der Waals surface area contributed by atoms with Crippen LogP contribution in [0.5, 0.6) is 11.5 Å². The van der Waals surface area contributed by atoms with Crippen LogP contribution in [0.25, 0.3) is 0 Å². The van der Waals surface area contributed by atoms with Gasteiger partial charge in [0.25, 0.3) is 0 Å². The Kier molecular flexibility index (Phi) is 7.38. The fourth-order valence-corrected chi connectivity index (χ4v) is 3.33. The molecule has 0 spiro atoms. The number of nitrogens with zero attached hydrogens (tertiary/aromatic N) is 5. The third kappa shape index (κ3) is 5.79. The number of fused-ring (bicyclic) bond motifs is 1. The Labute approximate surface area is 197 Å². The second-order valence-electron chi connectivity index (χ2n) is 7.20. The van der Waals surface area contributed by atoms with Gasteiger partial charge in [-0.05, 0) is 29.3 Å². The fraction of sp³-hybridized carbons (Fsp3) is 0.273. The highest BCUT2D eigenvalue weighted by atomic mass is 35.5. The zero-order valence-electron chi connectivity index (χ0n) is 17.8. The molecule has 2 aromatic carbocycles. The van der Waals surface area contributed by atoms with Crippen LogP contribution in [0.15, 0.2) is 53.6 Å². The lowest BCUT2D eigenvalue weighted by Gasteiger charge is -2.27. The predicted octanol–water partition coefficient (Wildman–Crippen LogP) is 2.92. The molecule has 2 aliphatic heterocycles. The Balaban J connectivity index is 0.00000259. The number of nitrogens with one attached hydrogen (secondary N) is 2. The van der Waals surface area contributed by atoms with E-state index in [-0.39, 0.29) is 19.2 Å². The van der Waals surface area contributed by atoms with Crippen LogP contribution in [-0.2, 0) is 11.3 Å². The minimum atomic E-state index is 0. The van der Waals surface area contributed by atoms with Crippen LogP contribution in [0.3, 0.4) is 0 Å². The predicted molar refractivity (Wildman–Crippen MR) is 128 cm³/mol. The van der Waals surface area contributed by atoms with Crippen molar-refractivity contribution in [2.24, 2.45) is 5.10 Å². The van der Waals surface area contributed by atoms with Crippen molar-refractivity contribution in [3.8, 4) is 11.5 Å². The van der Waals surface area contributed by atoms with Crippen molar-refractivity contribution in [1.82, 2.24) is 15.0 Å². The van der Waals surface area contributed by atoms with Crippen LogP contribution >= 0.6 is 12.4 Å². The van der Waals surface area contributed by atoms with E-state index in [2.05, 4.69) is 35.7 Å². The SMILES string of the molecule is C(=N\Nc1nc(NCc2ccccc2)nc(N2CCOCC2)n1)/c1ccc2c(c1)OCO2.Cl. The van der Waals surface area contributed by atoms with Gasteiger partial charge in [-0.1, -0.05) is 30.3 Å². The summed E-state index contributed by atoms with van der Waals surface area (Å²) in [7, 11) is 0. The first kappa shape index (κ1) is 22.6. The summed E-state index contributed by atoms with van der Waals surface area (Å²) in [6, 6.07) is 15.7. The van der Waals surface area contributed by atoms with Crippen molar-refractivity contribution in [1.29, 1.82) is 0 Å². The lowest BCUT2D eigenvalue weighted by atomic mass is 10.2. The smallest absolute Gasteiger partial charge is 0.250 e. The van der Waals surface area contributed by atoms with Crippen molar-refractivity contribution < 1.29 is 14.2 Å². The summed E-state index contributed by atoms with van der Waals surface area (Å²) in [5.74, 6) is 2.85. The van der Waals surface area contributed by atoms with Crippen LogP contribution in [0.4, 0.5) is 17.8 Å². The van der Waals surface area contributed by atoms with Crippen molar-refractivity contribution in [3.63, 3.8) is 0 Å². The first-order chi connectivity index (χ1) is 15.8. The van der Waals surface area contributed by atoms with Gasteiger partial charge >= 0.3 is 0 Å². The van der Waals surface area contributed by atoms with E-state index in [0.717, 1.165) is 30.0 Å². The molecule has 11 heteroatoms. The van der Waals surface area contributed by atoms with E-state index in [1.165, 1.54) is 0 Å². The quantitative estimate of drug-likeness (QED) is 0.399. The highest BCUT2D eigenvalue weighted by molar-refractivity contribution is 5.85. The molecule has 1 fully saturated rings. The van der Waals surface area contributed by atoms with Gasteiger partial charge in [-0.2, -0.15) is 20.1 Å². The van der Waals surface area contributed by atoms with E-state index in [1.54, 1.807) is 6.21 Å². The first-order valence-corrected chi connectivity index (χ1v) is 10.4. The van der Waals surface area contributed by atoms with Crippen molar-refractivity contribution >= 4 is 36.5 Å². The lowest BCUT2D eigenvalue weighted by Crippen LogP contribution is -2.37. The number of hydrazone groups is 1. The molecule has 0 saturated carbocycles. The summed E-state index contributed by atoms with van der Waals surface area (Å²) in [6.07, 6.45) is 1.68. The molecule has 33 heavy (non-hydrogen) atoms. The van der Waals surface area contributed by atoms with Crippen LogP contribution in [0.2, 0.25) is 0 Å². The average molecular weight is 470 g/mol. The molecule has 3 aromatic rings. The van der Waals surface area contributed by atoms with Gasteiger partial charge in [-0.15, -0.1) is 12.4 Å². The number of ether oxygens (including phenoxy) is 3. The Bertz CT molecular complexity index is 1090. The number of hydrogen-bond acceptors (Lipinski definition) is 10. The summed E-state index contributed by atoms with van der Waals surface area (Å²) in [4.78, 5) is 15.7. The number of anilines is 3. The molecule has 1 aromatic heterocycles. The van der Waals surface area contributed by atoms with Gasteiger partial charge in [0.2, 0.25) is 24.6 Å². The Morgan fingerprint density at radius 2 is 1.73 bits per heavy atom. The normalized spacial score (nSPS) is 14.7. The van der Waals surface area contributed by atoms with Crippen LogP contribution in [0.1, 0.15) is 11.1 Å². The van der Waals surface area contributed by atoms with Crippen molar-refractivity contribution in [2.45, 2.75) is 6.54 Å². The molecule has 0 atom stereocenters. The highest BCUT2D eigenvalue weighted by Gasteiger charge is 2.17. The number of hydrogen-bond donors (Lipinski definition) is 2. The zero-order chi connectivity index (χ0) is 21.6. The van der Waals surface area contributed by atoms with Crippen LogP contribution in [0, 0.1) is 0 Å². The molecular formula is C22H24ClN7O3. The van der Waals surface area contributed by atoms with Gasteiger partial charge < -0.3 is 24.4 Å². The summed E-state index contributed by atoms with van der Waals surface area (Å²) in [5.41, 5.74) is 4.92. The van der Waals surface area contributed by atoms with E-state index in [0.29, 0.717) is 43.4 Å². The molecule has 0 radical (unpaired) electrons. The molecule has 0 amide bonds. The molecule has 10 nitrogen and oxygen atoms in total. The van der Waals surface area contributed by atoms with Gasteiger partial charge in [-0.25, -0.2) is 5.43 Å². The standard InChI is InChI=1S/C22H23N7O3.ClH/c1-2-4-16(5-3-1)13-23-20-25-21(27-22(26-20)29-8-10-30-11-9-29)28-24-14-17-6-7-18-19(12-17)32-15-31-18;/h1-7,12,14H,8-11,13,15H2,(H2,23,25,26,27,28);1H/b24-14+;. The van der Waals surface area contributed by atoms with Gasteiger partial charge in [-0.3, -0.25) is 0 Å². The minimum Gasteiger partial charge on any atom is -0.454 e. The second-order valence-corrected chi connectivity index (χ2v) is 7.20. The monoisotopic (exact) mass is 469 g/mol. The zero-order valence-corrected chi connectivity index (χ0v) is 18.6. The molecule has 0 unspecified atom stereocenters. The number of halogens is 1. The molecule has 5 rings (SSSR count). The first-order valence-electron chi connectivity index (χ1n) is 10.4. The summed E-state index contributed by atoms with van der Waals surface area (Å²) >= 11 is 0. The Morgan fingerprint density at radius 1 is 0.939 bits per heavy atom. The maximum atomic E-state index is 5.45. The summed E-state index contributed by atoms with van der Waals surface area (Å²) in [5, 5.41) is 7.56. The van der Waals surface area contributed by atoms with Gasteiger partial charge in [0.05, 0.1) is 19.4 Å². The molecule has 0 aliphatic carbocycles. The van der Waals surface area contributed by atoms with E-state index in [9.17, 15) is 0 Å². The topological polar surface area (TPSA) is 106 Å². The molecule has 3 heterocycles. The third-order valence-electron chi connectivity index (χ3n) is 4.99. The van der Waals surface area contributed by atoms with E-state index >= 15 is 0 Å². The molecule has 1 saturated heterocycles. The lowest BCUT2D eigenvalue weighted by molar-refractivity contribution is 0.122. The minimum absolute atomic E-state index is 0. The van der Waals surface area contributed by atoms with E-state index in [4.69, 9.17) is 14.2 Å². The molecule has 172 valence electrons. The van der Waals surface area contributed by atoms with E-state index < -0.39 is 0 Å². The van der Waals surface area contributed by atoms with Crippen molar-refractivity contribution in [2.75, 3.05) is 48.7 Å². The number of morpholine rings is 1. The third-order valence-corrected chi connectivity index (χ3v) is 4.99. The molecule has 2 aliphatic rings. The number of aromatic nitrogens is 3. The van der Waals surface area contributed by atoms with Crippen LogP contribution in [-0.4, -0.2) is 54.3 Å². The molecule has 0 bridgehead atoms. The largest absolute Gasteiger partial charge is 0.454 e. The summed E-state index contributed by atoms with van der Waals surface area (Å²) in [6.45, 7) is 3.58. The Morgan fingerprint density at radius 3 is 2.58 bits per heavy atom. The second kappa shape index (κ2) is 10.8. The van der Waals surface area contributed by atoms with Gasteiger partial charge in [0.15, 0.2) is 11.5 Å². The molecular weight excluding hydrogens is 446 g/mol. The number of rotatable bonds is 7. The van der Waals surface area contributed by atoms with Gasteiger partial charge in [0.1, 0.15) is 0 Å². The van der Waals surface area contributed by atoms with Gasteiger partial charge in [0, 0.05) is 19.6 Å². The maximum absolute atomic E-state index is 5.45. The maximum Gasteiger partial charge on any atom is 0.250 e. The summed E-state index contributed by atoms with van der Waals surface area (Å²) < 4.78 is 16.2. The van der Waals surface area contributed by atoms with E-state index in [1.807, 2.05) is 48.5 Å². The highest BCUT2D eigenvalue weighted by Crippen LogP contribution is 2.32. The molecule has 2 N–H and O–H groups in total.